The molecule has 0 aliphatic carbocycles. The van der Waals surface area contributed by atoms with Gasteiger partial charge in [-0.25, -0.2) is 15.0 Å². The zero-order valence-electron chi connectivity index (χ0n) is 14.9. The molecular formula is C19H22ClN5O. The number of nitrogens with zero attached hydrogens (tertiary/aromatic N) is 5. The molecule has 2 aliphatic heterocycles. The summed E-state index contributed by atoms with van der Waals surface area (Å²) < 4.78 is 5.11. The normalized spacial score (nSPS) is 17.5. The van der Waals surface area contributed by atoms with Crippen LogP contribution in [0.2, 0.25) is 5.02 Å². The van der Waals surface area contributed by atoms with Crippen LogP contribution in [0.1, 0.15) is 41.9 Å². The van der Waals surface area contributed by atoms with Crippen molar-refractivity contribution in [2.45, 2.75) is 38.8 Å². The second-order valence-corrected chi connectivity index (χ2v) is 7.15. The van der Waals surface area contributed by atoms with Crippen LogP contribution in [0, 0.1) is 0 Å². The number of pyridine rings is 1. The molecule has 0 amide bonds. The minimum atomic E-state index is 0.464. The number of methoxy groups -OCH3 is 1. The molecule has 0 atom stereocenters. The molecule has 2 aliphatic rings. The van der Waals surface area contributed by atoms with Crippen LogP contribution >= 0.6 is 11.6 Å². The molecule has 6 nitrogen and oxygen atoms in total. The Bertz CT molecular complexity index is 839. The van der Waals surface area contributed by atoms with E-state index in [9.17, 15) is 0 Å². The highest BCUT2D eigenvalue weighted by atomic mass is 35.5. The third kappa shape index (κ3) is 3.71. The average Bonchev–Trinajstić information content (AvgIpc) is 2.68. The van der Waals surface area contributed by atoms with Crippen LogP contribution in [0.3, 0.4) is 0 Å². The number of fused-ring (bicyclic) bond motifs is 1. The van der Waals surface area contributed by atoms with Gasteiger partial charge >= 0.3 is 0 Å². The molecule has 2 aromatic rings. The fraction of sp³-hybridized carbons (Fsp3) is 0.474. The van der Waals surface area contributed by atoms with Gasteiger partial charge in [0.25, 0.3) is 0 Å². The van der Waals surface area contributed by atoms with Crippen molar-refractivity contribution in [2.24, 2.45) is 4.99 Å². The molecule has 0 aromatic carbocycles. The van der Waals surface area contributed by atoms with Gasteiger partial charge in [0.1, 0.15) is 5.02 Å². The van der Waals surface area contributed by atoms with Crippen molar-refractivity contribution in [3.63, 3.8) is 0 Å². The highest BCUT2D eigenvalue weighted by Gasteiger charge is 2.20. The summed E-state index contributed by atoms with van der Waals surface area (Å²) in [5.74, 6) is 1.29. The molecule has 136 valence electrons. The number of rotatable bonds is 4. The number of hydrogen-bond acceptors (Lipinski definition) is 6. The van der Waals surface area contributed by atoms with E-state index >= 15 is 0 Å². The average molecular weight is 372 g/mol. The van der Waals surface area contributed by atoms with Gasteiger partial charge in [0.2, 0.25) is 5.88 Å². The molecule has 7 heteroatoms. The SMILES string of the molecule is COc1ncc(CN2CCc3nc(C4=NCCCC4)ncc3C2)cc1Cl. The molecule has 0 radical (unpaired) electrons. The number of hydrogen-bond donors (Lipinski definition) is 0. The van der Waals surface area contributed by atoms with E-state index in [1.54, 1.807) is 7.11 Å². The van der Waals surface area contributed by atoms with E-state index in [2.05, 4.69) is 19.9 Å². The minimum Gasteiger partial charge on any atom is -0.480 e. The molecule has 0 unspecified atom stereocenters. The van der Waals surface area contributed by atoms with Gasteiger partial charge in [0.15, 0.2) is 5.82 Å². The highest BCUT2D eigenvalue weighted by Crippen LogP contribution is 2.24. The van der Waals surface area contributed by atoms with E-state index in [1.165, 1.54) is 18.4 Å². The maximum atomic E-state index is 6.18. The summed E-state index contributed by atoms with van der Waals surface area (Å²) in [5, 5.41) is 0.545. The van der Waals surface area contributed by atoms with Crippen molar-refractivity contribution in [2.75, 3.05) is 20.2 Å². The Morgan fingerprint density at radius 3 is 2.88 bits per heavy atom. The lowest BCUT2D eigenvalue weighted by molar-refractivity contribution is 0.242. The van der Waals surface area contributed by atoms with Gasteiger partial charge in [-0.3, -0.25) is 9.89 Å². The number of halogens is 1. The van der Waals surface area contributed by atoms with Gasteiger partial charge in [-0.1, -0.05) is 11.6 Å². The molecule has 0 bridgehead atoms. The van der Waals surface area contributed by atoms with Crippen LogP contribution in [-0.2, 0) is 19.5 Å². The lowest BCUT2D eigenvalue weighted by Gasteiger charge is -2.28. The fourth-order valence-electron chi connectivity index (χ4n) is 3.49. The first-order valence-electron chi connectivity index (χ1n) is 9.02. The standard InChI is InChI=1S/C19H22ClN5O/c1-26-19-15(20)8-13(9-23-19)11-25-7-5-16-14(12-25)10-22-18(24-16)17-4-2-3-6-21-17/h8-10H,2-7,11-12H2,1H3. The molecule has 4 heterocycles. The summed E-state index contributed by atoms with van der Waals surface area (Å²) in [6.07, 6.45) is 8.08. The highest BCUT2D eigenvalue weighted by molar-refractivity contribution is 6.31. The van der Waals surface area contributed by atoms with Crippen molar-refractivity contribution < 1.29 is 4.74 Å². The monoisotopic (exact) mass is 371 g/mol. The van der Waals surface area contributed by atoms with Crippen molar-refractivity contribution in [1.29, 1.82) is 0 Å². The molecular weight excluding hydrogens is 350 g/mol. The zero-order chi connectivity index (χ0) is 17.9. The third-order valence-corrected chi connectivity index (χ3v) is 5.13. The van der Waals surface area contributed by atoms with Gasteiger partial charge < -0.3 is 4.74 Å². The van der Waals surface area contributed by atoms with Crippen molar-refractivity contribution >= 4 is 17.3 Å². The zero-order valence-corrected chi connectivity index (χ0v) is 15.7. The van der Waals surface area contributed by atoms with Crippen LogP contribution in [0.15, 0.2) is 23.5 Å². The molecule has 0 saturated heterocycles. The summed E-state index contributed by atoms with van der Waals surface area (Å²) >= 11 is 6.18. The largest absolute Gasteiger partial charge is 0.480 e. The predicted molar refractivity (Wildman–Crippen MR) is 101 cm³/mol. The number of ether oxygens (including phenoxy) is 1. The first-order valence-corrected chi connectivity index (χ1v) is 9.40. The molecule has 4 rings (SSSR count). The minimum absolute atomic E-state index is 0.464. The second-order valence-electron chi connectivity index (χ2n) is 6.75. The van der Waals surface area contributed by atoms with Crippen LogP contribution in [0.25, 0.3) is 0 Å². The van der Waals surface area contributed by atoms with Gasteiger partial charge in [-0.05, 0) is 30.9 Å². The Morgan fingerprint density at radius 1 is 1.19 bits per heavy atom. The summed E-state index contributed by atoms with van der Waals surface area (Å²) in [5.41, 5.74) is 4.50. The first kappa shape index (κ1) is 17.4. The fourth-order valence-corrected chi connectivity index (χ4v) is 3.75. The van der Waals surface area contributed by atoms with Crippen LogP contribution < -0.4 is 4.74 Å². The van der Waals surface area contributed by atoms with E-state index in [0.717, 1.165) is 61.8 Å². The van der Waals surface area contributed by atoms with Gasteiger partial charge in [-0.15, -0.1) is 0 Å². The van der Waals surface area contributed by atoms with Gasteiger partial charge in [0, 0.05) is 50.6 Å². The molecule has 0 N–H and O–H groups in total. The lowest BCUT2D eigenvalue weighted by atomic mass is 10.0. The first-order chi connectivity index (χ1) is 12.7. The topological polar surface area (TPSA) is 63.5 Å². The number of aliphatic imine (C=N–C) groups is 1. The van der Waals surface area contributed by atoms with Crippen molar-refractivity contribution in [3.8, 4) is 5.88 Å². The summed E-state index contributed by atoms with van der Waals surface area (Å²) in [4.78, 5) is 20.6. The lowest BCUT2D eigenvalue weighted by Crippen LogP contribution is -2.31. The Balaban J connectivity index is 1.46. The molecule has 0 fully saturated rings. The van der Waals surface area contributed by atoms with E-state index < -0.39 is 0 Å². The quantitative estimate of drug-likeness (QED) is 0.826. The van der Waals surface area contributed by atoms with E-state index in [1.807, 2.05) is 18.5 Å². The molecule has 0 saturated carbocycles. The molecule has 26 heavy (non-hydrogen) atoms. The van der Waals surface area contributed by atoms with Crippen LogP contribution in [-0.4, -0.2) is 45.8 Å². The summed E-state index contributed by atoms with van der Waals surface area (Å²) in [7, 11) is 1.57. The Labute approximate surface area is 158 Å². The van der Waals surface area contributed by atoms with E-state index in [-0.39, 0.29) is 0 Å². The van der Waals surface area contributed by atoms with Crippen LogP contribution in [0.4, 0.5) is 0 Å². The molecule has 0 spiro atoms. The van der Waals surface area contributed by atoms with Gasteiger partial charge in [-0.2, -0.15) is 0 Å². The summed E-state index contributed by atoms with van der Waals surface area (Å²) in [6.45, 7) is 3.50. The van der Waals surface area contributed by atoms with Crippen LogP contribution in [0.5, 0.6) is 5.88 Å². The van der Waals surface area contributed by atoms with E-state index in [4.69, 9.17) is 21.3 Å². The third-order valence-electron chi connectivity index (χ3n) is 4.86. The molecule has 2 aromatic heterocycles. The maximum absolute atomic E-state index is 6.18. The maximum Gasteiger partial charge on any atom is 0.232 e. The second kappa shape index (κ2) is 7.68. The van der Waals surface area contributed by atoms with Crippen molar-refractivity contribution in [3.05, 3.63) is 46.1 Å². The van der Waals surface area contributed by atoms with Crippen molar-refractivity contribution in [1.82, 2.24) is 19.9 Å². The summed E-state index contributed by atoms with van der Waals surface area (Å²) in [6, 6.07) is 1.92. The Kier molecular flexibility index (Phi) is 5.13. The van der Waals surface area contributed by atoms with Gasteiger partial charge in [0.05, 0.1) is 18.5 Å². The Morgan fingerprint density at radius 2 is 2.12 bits per heavy atom. The number of aromatic nitrogens is 3. The smallest absolute Gasteiger partial charge is 0.232 e. The Hall–Kier alpha value is -2.05. The predicted octanol–water partition coefficient (Wildman–Crippen LogP) is 3.06. The van der Waals surface area contributed by atoms with E-state index in [0.29, 0.717) is 10.9 Å².